The fourth-order valence-corrected chi connectivity index (χ4v) is 3.93. The zero-order valence-corrected chi connectivity index (χ0v) is 16.8. The molecule has 31 heavy (non-hydrogen) atoms. The number of carboxylic acid groups (broad SMARTS) is 1. The van der Waals surface area contributed by atoms with Gasteiger partial charge in [0, 0.05) is 12.1 Å². The van der Waals surface area contributed by atoms with Gasteiger partial charge in [-0.25, -0.2) is 4.79 Å². The molecule has 7 heteroatoms. The molecule has 0 aliphatic carbocycles. The Balaban J connectivity index is 1.34. The summed E-state index contributed by atoms with van der Waals surface area (Å²) >= 11 is 0. The third-order valence-electron chi connectivity index (χ3n) is 5.54. The molecule has 0 spiro atoms. The van der Waals surface area contributed by atoms with E-state index in [-0.39, 0.29) is 6.04 Å². The first-order valence-corrected chi connectivity index (χ1v) is 10.2. The van der Waals surface area contributed by atoms with Gasteiger partial charge in [0.2, 0.25) is 11.7 Å². The van der Waals surface area contributed by atoms with Crippen LogP contribution in [-0.4, -0.2) is 32.8 Å². The first-order chi connectivity index (χ1) is 15.2. The van der Waals surface area contributed by atoms with Gasteiger partial charge in [-0.1, -0.05) is 53.7 Å². The average Bonchev–Trinajstić information content (AvgIpc) is 3.47. The first kappa shape index (κ1) is 19.1. The second-order valence-electron chi connectivity index (χ2n) is 7.59. The second-order valence-corrected chi connectivity index (χ2v) is 7.59. The minimum Gasteiger partial charge on any atom is -0.489 e. The molecule has 1 N–H and O–H groups in total. The van der Waals surface area contributed by atoms with Gasteiger partial charge in [0.1, 0.15) is 18.4 Å². The number of nitrogens with zero attached hydrogens (tertiary/aromatic N) is 3. The predicted molar refractivity (Wildman–Crippen MR) is 115 cm³/mol. The molecule has 1 fully saturated rings. The van der Waals surface area contributed by atoms with Crippen molar-refractivity contribution in [3.8, 4) is 17.1 Å². The van der Waals surface area contributed by atoms with Crippen LogP contribution >= 0.6 is 0 Å². The molecule has 1 atom stereocenters. The topological polar surface area (TPSA) is 88.7 Å². The Morgan fingerprint density at radius 3 is 2.74 bits per heavy atom. The smallest absolute Gasteiger partial charge is 0.407 e. The summed E-state index contributed by atoms with van der Waals surface area (Å²) < 4.78 is 11.3. The molecule has 1 aromatic heterocycles. The summed E-state index contributed by atoms with van der Waals surface area (Å²) in [6, 6.07) is 21.6. The van der Waals surface area contributed by atoms with Crippen molar-refractivity contribution < 1.29 is 19.2 Å². The maximum absolute atomic E-state index is 11.4. The molecule has 5 rings (SSSR count). The molecule has 2 heterocycles. The van der Waals surface area contributed by atoms with Crippen molar-refractivity contribution >= 4 is 16.9 Å². The molecular formula is C24H21N3O4. The minimum absolute atomic E-state index is 0.347. The Hall–Kier alpha value is -3.87. The molecule has 0 bridgehead atoms. The van der Waals surface area contributed by atoms with Gasteiger partial charge in [-0.05, 0) is 47.4 Å². The van der Waals surface area contributed by atoms with E-state index in [1.165, 1.54) is 4.90 Å². The van der Waals surface area contributed by atoms with Crippen molar-refractivity contribution in [3.63, 3.8) is 0 Å². The number of ether oxygens (including phenoxy) is 1. The number of carbonyl (C=O) groups is 1. The number of rotatable bonds is 5. The lowest BCUT2D eigenvalue weighted by Gasteiger charge is -2.17. The van der Waals surface area contributed by atoms with E-state index in [0.717, 1.165) is 34.1 Å². The van der Waals surface area contributed by atoms with Crippen molar-refractivity contribution in [2.75, 3.05) is 6.54 Å². The highest BCUT2D eigenvalue weighted by atomic mass is 16.5. The first-order valence-electron chi connectivity index (χ1n) is 10.2. The largest absolute Gasteiger partial charge is 0.489 e. The third-order valence-corrected chi connectivity index (χ3v) is 5.54. The van der Waals surface area contributed by atoms with Gasteiger partial charge in [0.15, 0.2) is 0 Å². The summed E-state index contributed by atoms with van der Waals surface area (Å²) in [5.74, 6) is 1.61. The molecule has 1 saturated heterocycles. The lowest BCUT2D eigenvalue weighted by atomic mass is 10.1. The number of aromatic nitrogens is 2. The number of fused-ring (bicyclic) bond motifs is 1. The normalized spacial score (nSPS) is 16.0. The minimum atomic E-state index is -0.960. The van der Waals surface area contributed by atoms with Crippen LogP contribution in [0.1, 0.15) is 30.3 Å². The second kappa shape index (κ2) is 8.10. The molecule has 3 aromatic carbocycles. The van der Waals surface area contributed by atoms with Crippen LogP contribution in [0.2, 0.25) is 0 Å². The fourth-order valence-electron chi connectivity index (χ4n) is 3.93. The van der Waals surface area contributed by atoms with Crippen LogP contribution in [0.25, 0.3) is 22.2 Å². The third kappa shape index (κ3) is 3.94. The number of hydrogen-bond acceptors (Lipinski definition) is 5. The van der Waals surface area contributed by atoms with Gasteiger partial charge in [-0.15, -0.1) is 0 Å². The summed E-state index contributed by atoms with van der Waals surface area (Å²) in [6.07, 6.45) is 0.523. The Labute approximate surface area is 178 Å². The van der Waals surface area contributed by atoms with E-state index in [9.17, 15) is 9.90 Å². The lowest BCUT2D eigenvalue weighted by molar-refractivity contribution is 0.131. The van der Waals surface area contributed by atoms with E-state index in [2.05, 4.69) is 10.1 Å². The van der Waals surface area contributed by atoms with Crippen LogP contribution in [0.4, 0.5) is 4.79 Å². The molecular weight excluding hydrogens is 394 g/mol. The van der Waals surface area contributed by atoms with E-state index in [0.29, 0.717) is 31.3 Å². The number of benzene rings is 3. The fraction of sp³-hybridized carbons (Fsp3) is 0.208. The highest BCUT2D eigenvalue weighted by Crippen LogP contribution is 2.32. The van der Waals surface area contributed by atoms with Crippen LogP contribution in [0.15, 0.2) is 71.3 Å². The van der Waals surface area contributed by atoms with Gasteiger partial charge in [-0.2, -0.15) is 4.98 Å². The lowest BCUT2D eigenvalue weighted by Crippen LogP contribution is -2.28. The van der Waals surface area contributed by atoms with Crippen molar-refractivity contribution in [3.05, 3.63) is 78.2 Å². The predicted octanol–water partition coefficient (Wildman–Crippen LogP) is 5.28. The Kier molecular flexibility index (Phi) is 5.00. The van der Waals surface area contributed by atoms with Gasteiger partial charge < -0.3 is 14.4 Å². The van der Waals surface area contributed by atoms with Crippen LogP contribution < -0.4 is 4.74 Å². The van der Waals surface area contributed by atoms with E-state index in [1.807, 2.05) is 66.7 Å². The maximum atomic E-state index is 11.4. The standard InChI is InChI=1S/C24H21N3O4/c28-24(29)27-12-4-7-21(27)23-25-22(26-31-23)19-9-8-18-14-20(11-10-17(18)13-19)30-15-16-5-2-1-3-6-16/h1-3,5-6,8-11,13-14,21H,4,7,12,15H2,(H,28,29). The Bertz CT molecular complexity index is 1220. The highest BCUT2D eigenvalue weighted by molar-refractivity contribution is 5.87. The molecule has 1 unspecified atom stereocenters. The molecule has 0 radical (unpaired) electrons. The van der Waals surface area contributed by atoms with Crippen molar-refractivity contribution in [2.24, 2.45) is 0 Å². The van der Waals surface area contributed by atoms with Crippen LogP contribution in [-0.2, 0) is 6.61 Å². The number of likely N-dealkylation sites (tertiary alicyclic amines) is 1. The SMILES string of the molecule is O=C(O)N1CCCC1c1nc(-c2ccc3cc(OCc4ccccc4)ccc3c2)no1. The molecule has 1 aliphatic heterocycles. The molecule has 4 aromatic rings. The molecule has 7 nitrogen and oxygen atoms in total. The van der Waals surface area contributed by atoms with Crippen LogP contribution in [0.3, 0.4) is 0 Å². The molecule has 1 amide bonds. The molecule has 1 aliphatic rings. The zero-order valence-electron chi connectivity index (χ0n) is 16.8. The monoisotopic (exact) mass is 415 g/mol. The van der Waals surface area contributed by atoms with Gasteiger partial charge >= 0.3 is 6.09 Å². The maximum Gasteiger partial charge on any atom is 0.407 e. The Morgan fingerprint density at radius 2 is 1.90 bits per heavy atom. The summed E-state index contributed by atoms with van der Waals surface area (Å²) in [7, 11) is 0. The molecule has 156 valence electrons. The van der Waals surface area contributed by atoms with Crippen molar-refractivity contribution in [2.45, 2.75) is 25.5 Å². The number of amides is 1. The Morgan fingerprint density at radius 1 is 1.10 bits per heavy atom. The average molecular weight is 415 g/mol. The van der Waals surface area contributed by atoms with Crippen LogP contribution in [0, 0.1) is 0 Å². The van der Waals surface area contributed by atoms with Gasteiger partial charge in [-0.3, -0.25) is 4.90 Å². The van der Waals surface area contributed by atoms with Gasteiger partial charge in [0.25, 0.3) is 0 Å². The highest BCUT2D eigenvalue weighted by Gasteiger charge is 2.34. The van der Waals surface area contributed by atoms with Crippen molar-refractivity contribution in [1.29, 1.82) is 0 Å². The summed E-state index contributed by atoms with van der Waals surface area (Å²) in [4.78, 5) is 17.2. The quantitative estimate of drug-likeness (QED) is 0.477. The van der Waals surface area contributed by atoms with E-state index >= 15 is 0 Å². The summed E-state index contributed by atoms with van der Waals surface area (Å²) in [5.41, 5.74) is 1.94. The van der Waals surface area contributed by atoms with Crippen molar-refractivity contribution in [1.82, 2.24) is 15.0 Å². The van der Waals surface area contributed by atoms with E-state index in [4.69, 9.17) is 9.26 Å². The summed E-state index contributed by atoms with van der Waals surface area (Å²) in [6.45, 7) is 1.01. The van der Waals surface area contributed by atoms with E-state index < -0.39 is 6.09 Å². The van der Waals surface area contributed by atoms with Gasteiger partial charge in [0.05, 0.1) is 0 Å². The van der Waals surface area contributed by atoms with E-state index in [1.54, 1.807) is 0 Å². The van der Waals surface area contributed by atoms with Crippen LogP contribution in [0.5, 0.6) is 5.75 Å². The summed E-state index contributed by atoms with van der Waals surface area (Å²) in [5, 5.41) is 15.5. The molecule has 0 saturated carbocycles. The zero-order chi connectivity index (χ0) is 21.2. The number of hydrogen-bond donors (Lipinski definition) is 1.